The van der Waals surface area contributed by atoms with Gasteiger partial charge in [0.2, 0.25) is 11.9 Å². The fourth-order valence-corrected chi connectivity index (χ4v) is 5.62. The Hall–Kier alpha value is -4.41. The number of nitrogens with zero attached hydrogens (tertiary/aromatic N) is 5. The number of ether oxygens (including phenoxy) is 2. The number of aliphatic imine (C=N–C) groups is 1. The summed E-state index contributed by atoms with van der Waals surface area (Å²) >= 11 is 0. The van der Waals surface area contributed by atoms with Crippen LogP contribution in [0.1, 0.15) is 53.6 Å². The molecule has 1 saturated heterocycles. The van der Waals surface area contributed by atoms with Crippen molar-refractivity contribution in [2.24, 2.45) is 4.99 Å². The zero-order valence-corrected chi connectivity index (χ0v) is 23.6. The maximum atomic E-state index is 14.0. The number of aryl methyl sites for hydroxylation is 3. The quantitative estimate of drug-likeness (QED) is 0.426. The molecule has 0 aliphatic carbocycles. The number of urea groups is 1. The molecule has 0 radical (unpaired) electrons. The first-order valence-electron chi connectivity index (χ1n) is 13.5. The molecule has 3 aromatic rings. The third-order valence-corrected chi connectivity index (χ3v) is 7.36. The van der Waals surface area contributed by atoms with E-state index in [9.17, 15) is 9.59 Å². The van der Waals surface area contributed by atoms with Crippen molar-refractivity contribution in [2.75, 3.05) is 32.1 Å². The molecule has 11 heteroatoms. The summed E-state index contributed by atoms with van der Waals surface area (Å²) < 4.78 is 11.4. The minimum absolute atomic E-state index is 0.0813. The monoisotopic (exact) mass is 545 g/mol. The fourth-order valence-electron chi connectivity index (χ4n) is 5.62. The van der Waals surface area contributed by atoms with Crippen LogP contribution >= 0.6 is 0 Å². The fraction of sp³-hybridized carbons (Fsp3) is 0.414. The minimum atomic E-state index is -0.272. The maximum absolute atomic E-state index is 14.0. The lowest BCUT2D eigenvalue weighted by Gasteiger charge is -2.45. The molecule has 0 spiro atoms. The number of anilines is 1. The van der Waals surface area contributed by atoms with Crippen LogP contribution in [0.25, 0.3) is 0 Å². The number of fused-ring (bicyclic) bond motifs is 3. The second kappa shape index (κ2) is 11.4. The first-order valence-corrected chi connectivity index (χ1v) is 13.5. The van der Waals surface area contributed by atoms with Gasteiger partial charge in [0.25, 0.3) is 0 Å². The Morgan fingerprint density at radius 2 is 1.95 bits per heavy atom. The Morgan fingerprint density at radius 1 is 1.18 bits per heavy atom. The van der Waals surface area contributed by atoms with Gasteiger partial charge in [-0.05, 0) is 68.5 Å². The van der Waals surface area contributed by atoms with Gasteiger partial charge in [0.15, 0.2) is 11.5 Å². The van der Waals surface area contributed by atoms with Crippen LogP contribution in [0.4, 0.5) is 16.4 Å². The second-order valence-corrected chi connectivity index (χ2v) is 10.1. The van der Waals surface area contributed by atoms with Crippen molar-refractivity contribution >= 4 is 29.4 Å². The maximum Gasteiger partial charge on any atom is 0.325 e. The molecule has 210 valence electrons. The molecule has 0 bridgehead atoms. The van der Waals surface area contributed by atoms with E-state index in [1.165, 1.54) is 6.33 Å². The first-order chi connectivity index (χ1) is 19.3. The van der Waals surface area contributed by atoms with E-state index in [4.69, 9.17) is 14.5 Å². The summed E-state index contributed by atoms with van der Waals surface area (Å²) in [5, 5.41) is 9.05. The SMILES string of the molecule is CCOc1cc2c(cc1OC)C1CC(=Nc3c(C)cc(C)cc3C)N(CCC(=O)Nc3ncn[nH]3)C(=O)N1CC2. The average molecular weight is 546 g/mol. The number of methoxy groups -OCH3 is 1. The van der Waals surface area contributed by atoms with Gasteiger partial charge in [-0.1, -0.05) is 17.7 Å². The summed E-state index contributed by atoms with van der Waals surface area (Å²) in [6, 6.07) is 7.84. The van der Waals surface area contributed by atoms with E-state index in [0.29, 0.717) is 43.3 Å². The highest BCUT2D eigenvalue weighted by atomic mass is 16.5. The zero-order chi connectivity index (χ0) is 28.4. The molecule has 1 unspecified atom stereocenters. The largest absolute Gasteiger partial charge is 0.493 e. The summed E-state index contributed by atoms with van der Waals surface area (Å²) in [5.41, 5.74) is 6.25. The van der Waals surface area contributed by atoms with Crippen LogP contribution in [0.5, 0.6) is 11.5 Å². The van der Waals surface area contributed by atoms with Crippen molar-refractivity contribution in [1.29, 1.82) is 0 Å². The highest BCUT2D eigenvalue weighted by Crippen LogP contribution is 2.42. The van der Waals surface area contributed by atoms with E-state index in [2.05, 4.69) is 39.6 Å². The molecule has 2 aliphatic rings. The number of aromatic nitrogens is 3. The minimum Gasteiger partial charge on any atom is -0.493 e. The number of aromatic amines is 1. The molecule has 2 aromatic carbocycles. The van der Waals surface area contributed by atoms with Crippen LogP contribution < -0.4 is 14.8 Å². The third kappa shape index (κ3) is 5.36. The molecule has 1 fully saturated rings. The number of benzene rings is 2. The highest BCUT2D eigenvalue weighted by Gasteiger charge is 2.41. The van der Waals surface area contributed by atoms with Gasteiger partial charge in [-0.15, -0.1) is 0 Å². The van der Waals surface area contributed by atoms with Crippen molar-refractivity contribution in [3.63, 3.8) is 0 Å². The number of amidine groups is 1. The Morgan fingerprint density at radius 3 is 2.62 bits per heavy atom. The van der Waals surface area contributed by atoms with E-state index >= 15 is 0 Å². The normalized spacial score (nSPS) is 17.5. The average Bonchev–Trinajstić information content (AvgIpc) is 3.43. The van der Waals surface area contributed by atoms with Crippen molar-refractivity contribution < 1.29 is 19.1 Å². The molecule has 3 heterocycles. The number of amides is 3. The Kier molecular flexibility index (Phi) is 7.72. The van der Waals surface area contributed by atoms with E-state index in [1.54, 1.807) is 12.0 Å². The van der Waals surface area contributed by atoms with Crippen LogP contribution in [0.3, 0.4) is 0 Å². The van der Waals surface area contributed by atoms with Crippen molar-refractivity contribution in [3.05, 3.63) is 58.4 Å². The predicted molar refractivity (Wildman–Crippen MR) is 151 cm³/mol. The Bertz CT molecular complexity index is 1430. The van der Waals surface area contributed by atoms with Gasteiger partial charge in [-0.3, -0.25) is 15.0 Å². The topological polar surface area (TPSA) is 125 Å². The number of hydrogen-bond acceptors (Lipinski definition) is 7. The van der Waals surface area contributed by atoms with Crippen LogP contribution in [0.15, 0.2) is 35.6 Å². The number of rotatable bonds is 8. The van der Waals surface area contributed by atoms with Crippen molar-refractivity contribution in [1.82, 2.24) is 25.0 Å². The van der Waals surface area contributed by atoms with Crippen LogP contribution in [0, 0.1) is 20.8 Å². The van der Waals surface area contributed by atoms with Gasteiger partial charge in [-0.2, -0.15) is 10.1 Å². The molecule has 1 atom stereocenters. The van der Waals surface area contributed by atoms with E-state index in [0.717, 1.165) is 33.5 Å². The number of carbonyl (C=O) groups excluding carboxylic acids is 2. The number of nitrogens with one attached hydrogen (secondary N) is 2. The van der Waals surface area contributed by atoms with E-state index in [-0.39, 0.29) is 36.9 Å². The lowest BCUT2D eigenvalue weighted by Crippen LogP contribution is -2.55. The summed E-state index contributed by atoms with van der Waals surface area (Å²) in [6.07, 6.45) is 2.61. The standard InChI is InChI=1S/C29H35N7O4/c1-6-40-24-13-20-7-9-35-22(21(20)14-23(24)39-5)15-25(32-27-18(3)11-17(2)12-19(27)4)36(29(35)38)10-8-26(37)33-28-30-16-31-34-28/h11-14,16,22H,6-10,15H2,1-5H3,(H2,30,31,33,34,37). The van der Waals surface area contributed by atoms with E-state index < -0.39 is 0 Å². The summed E-state index contributed by atoms with van der Waals surface area (Å²) in [5.74, 6) is 1.98. The number of hydrogen-bond donors (Lipinski definition) is 2. The molecule has 0 saturated carbocycles. The predicted octanol–water partition coefficient (Wildman–Crippen LogP) is 4.62. The van der Waals surface area contributed by atoms with Crippen LogP contribution in [-0.4, -0.2) is 69.6 Å². The molecule has 3 amide bonds. The highest BCUT2D eigenvalue weighted by molar-refractivity contribution is 6.02. The molecule has 11 nitrogen and oxygen atoms in total. The summed E-state index contributed by atoms with van der Waals surface area (Å²) in [7, 11) is 1.62. The van der Waals surface area contributed by atoms with Gasteiger partial charge in [-0.25, -0.2) is 14.9 Å². The second-order valence-electron chi connectivity index (χ2n) is 10.1. The van der Waals surface area contributed by atoms with Crippen LogP contribution in [-0.2, 0) is 11.2 Å². The number of H-pyrrole nitrogens is 1. The smallest absolute Gasteiger partial charge is 0.325 e. The molecule has 1 aromatic heterocycles. The molecular weight excluding hydrogens is 510 g/mol. The lowest BCUT2D eigenvalue weighted by atomic mass is 9.88. The first kappa shape index (κ1) is 27.2. The molecule has 5 rings (SSSR count). The van der Waals surface area contributed by atoms with Crippen molar-refractivity contribution in [3.8, 4) is 11.5 Å². The molecule has 2 N–H and O–H groups in total. The van der Waals surface area contributed by atoms with Gasteiger partial charge >= 0.3 is 6.03 Å². The third-order valence-electron chi connectivity index (χ3n) is 7.36. The van der Waals surface area contributed by atoms with Crippen molar-refractivity contribution in [2.45, 2.75) is 53.0 Å². The summed E-state index contributed by atoms with van der Waals surface area (Å²) in [4.78, 5) is 39.2. The Labute approximate surface area is 233 Å². The van der Waals surface area contributed by atoms with Gasteiger partial charge in [0.05, 0.1) is 25.4 Å². The van der Waals surface area contributed by atoms with Gasteiger partial charge in [0, 0.05) is 25.9 Å². The van der Waals surface area contributed by atoms with E-state index in [1.807, 2.05) is 37.8 Å². The zero-order valence-electron chi connectivity index (χ0n) is 23.6. The molecule has 40 heavy (non-hydrogen) atoms. The summed E-state index contributed by atoms with van der Waals surface area (Å²) in [6.45, 7) is 9.34. The lowest BCUT2D eigenvalue weighted by molar-refractivity contribution is -0.116. The number of carbonyl (C=O) groups is 2. The van der Waals surface area contributed by atoms with Crippen LogP contribution in [0.2, 0.25) is 0 Å². The van der Waals surface area contributed by atoms with Gasteiger partial charge in [0.1, 0.15) is 12.2 Å². The van der Waals surface area contributed by atoms with Gasteiger partial charge < -0.3 is 14.4 Å². The Balaban J connectivity index is 1.50. The molecular formula is C29H35N7O4. The molecule has 2 aliphatic heterocycles.